The SMILES string of the molecule is CC(C)C.C[C@@H]1NC(=O)O[C@@H]1c1cccc(C#N)c1. The van der Waals surface area contributed by atoms with E-state index in [1.807, 2.05) is 13.0 Å². The number of cyclic esters (lactones) is 1. The van der Waals surface area contributed by atoms with Crippen LogP contribution in [0.4, 0.5) is 4.79 Å². The summed E-state index contributed by atoms with van der Waals surface area (Å²) in [5.74, 6) is 0.833. The average molecular weight is 260 g/mol. The number of hydrogen-bond donors (Lipinski definition) is 1. The average Bonchev–Trinajstić information content (AvgIpc) is 2.68. The van der Waals surface area contributed by atoms with Gasteiger partial charge in [-0.2, -0.15) is 5.26 Å². The number of amides is 1. The van der Waals surface area contributed by atoms with Crippen LogP contribution in [0.1, 0.15) is 44.9 Å². The van der Waals surface area contributed by atoms with Gasteiger partial charge in [-0.1, -0.05) is 32.9 Å². The van der Waals surface area contributed by atoms with E-state index in [2.05, 4.69) is 32.2 Å². The van der Waals surface area contributed by atoms with Crippen LogP contribution in [0.3, 0.4) is 0 Å². The standard InChI is InChI=1S/C11H10N2O2.C4H10/c1-7-10(15-11(14)13-7)9-4-2-3-8(5-9)6-12;1-4(2)3/h2-5,7,10H,1H3,(H,13,14);4H,1-3H3/t7-,10-;/m0./s1. The van der Waals surface area contributed by atoms with E-state index in [1.54, 1.807) is 18.2 Å². The molecule has 1 aromatic rings. The maximum absolute atomic E-state index is 11.0. The van der Waals surface area contributed by atoms with Gasteiger partial charge in [-0.25, -0.2) is 4.79 Å². The van der Waals surface area contributed by atoms with Crippen molar-refractivity contribution in [1.82, 2.24) is 5.32 Å². The first kappa shape index (κ1) is 15.0. The summed E-state index contributed by atoms with van der Waals surface area (Å²) in [6.45, 7) is 8.37. The third-order valence-electron chi connectivity index (χ3n) is 2.38. The molecule has 4 heteroatoms. The molecule has 0 aromatic heterocycles. The summed E-state index contributed by atoms with van der Waals surface area (Å²) in [7, 11) is 0. The predicted molar refractivity (Wildman–Crippen MR) is 73.5 cm³/mol. The van der Waals surface area contributed by atoms with Crippen LogP contribution in [-0.2, 0) is 4.74 Å². The number of benzene rings is 1. The monoisotopic (exact) mass is 260 g/mol. The highest BCUT2D eigenvalue weighted by Gasteiger charge is 2.31. The van der Waals surface area contributed by atoms with Crippen LogP contribution < -0.4 is 5.32 Å². The summed E-state index contributed by atoms with van der Waals surface area (Å²) in [6, 6.07) is 9.08. The van der Waals surface area contributed by atoms with E-state index in [9.17, 15) is 4.79 Å². The minimum atomic E-state index is -0.408. The fraction of sp³-hybridized carbons (Fsp3) is 0.467. The molecule has 0 unspecified atom stereocenters. The van der Waals surface area contributed by atoms with Crippen molar-refractivity contribution in [2.75, 3.05) is 0 Å². The molecule has 0 spiro atoms. The lowest BCUT2D eigenvalue weighted by molar-refractivity contribution is 0.134. The summed E-state index contributed by atoms with van der Waals surface area (Å²) in [6.07, 6.45) is -0.708. The maximum atomic E-state index is 11.0. The van der Waals surface area contributed by atoms with Gasteiger partial charge >= 0.3 is 6.09 Å². The Hall–Kier alpha value is -2.02. The lowest BCUT2D eigenvalue weighted by Crippen LogP contribution is -2.23. The fourth-order valence-electron chi connectivity index (χ4n) is 1.65. The van der Waals surface area contributed by atoms with Crippen molar-refractivity contribution in [3.63, 3.8) is 0 Å². The number of hydrogen-bond acceptors (Lipinski definition) is 3. The second-order valence-corrected chi connectivity index (χ2v) is 5.23. The van der Waals surface area contributed by atoms with Crippen LogP contribution in [0, 0.1) is 17.2 Å². The van der Waals surface area contributed by atoms with E-state index >= 15 is 0 Å². The highest BCUT2D eigenvalue weighted by Crippen LogP contribution is 2.26. The summed E-state index contributed by atoms with van der Waals surface area (Å²) in [5, 5.41) is 11.4. The quantitative estimate of drug-likeness (QED) is 0.841. The van der Waals surface area contributed by atoms with Crippen LogP contribution in [0.25, 0.3) is 0 Å². The molecule has 19 heavy (non-hydrogen) atoms. The molecular weight excluding hydrogens is 240 g/mol. The number of carbonyl (C=O) groups excluding carboxylic acids is 1. The Morgan fingerprint density at radius 2 is 2.00 bits per heavy atom. The van der Waals surface area contributed by atoms with Crippen molar-refractivity contribution in [2.24, 2.45) is 5.92 Å². The van der Waals surface area contributed by atoms with Crippen molar-refractivity contribution in [2.45, 2.75) is 39.8 Å². The Balaban J connectivity index is 0.000000399. The Morgan fingerprint density at radius 1 is 1.37 bits per heavy atom. The molecule has 1 saturated heterocycles. The molecule has 1 aliphatic rings. The molecular formula is C15H20N2O2. The van der Waals surface area contributed by atoms with Crippen LogP contribution in [0.2, 0.25) is 0 Å². The van der Waals surface area contributed by atoms with E-state index in [0.717, 1.165) is 11.5 Å². The zero-order valence-electron chi connectivity index (χ0n) is 11.8. The summed E-state index contributed by atoms with van der Waals surface area (Å²) in [5.41, 5.74) is 1.42. The lowest BCUT2D eigenvalue weighted by Gasteiger charge is -2.12. The van der Waals surface area contributed by atoms with E-state index in [-0.39, 0.29) is 12.1 Å². The van der Waals surface area contributed by atoms with Crippen molar-refractivity contribution in [3.8, 4) is 6.07 Å². The molecule has 0 bridgehead atoms. The highest BCUT2D eigenvalue weighted by molar-refractivity contribution is 5.70. The molecule has 1 heterocycles. The van der Waals surface area contributed by atoms with Crippen LogP contribution in [0.15, 0.2) is 24.3 Å². The van der Waals surface area contributed by atoms with E-state index in [1.165, 1.54) is 0 Å². The van der Waals surface area contributed by atoms with Crippen LogP contribution in [-0.4, -0.2) is 12.1 Å². The molecule has 0 aliphatic carbocycles. The van der Waals surface area contributed by atoms with Crippen molar-refractivity contribution in [3.05, 3.63) is 35.4 Å². The predicted octanol–water partition coefficient (Wildman–Crippen LogP) is 3.39. The highest BCUT2D eigenvalue weighted by atomic mass is 16.6. The molecule has 1 N–H and O–H groups in total. The number of rotatable bonds is 1. The lowest BCUT2D eigenvalue weighted by atomic mass is 10.0. The summed E-state index contributed by atoms with van der Waals surface area (Å²) >= 11 is 0. The topological polar surface area (TPSA) is 62.1 Å². The van der Waals surface area contributed by atoms with E-state index < -0.39 is 6.09 Å². The van der Waals surface area contributed by atoms with E-state index in [0.29, 0.717) is 5.56 Å². The zero-order chi connectivity index (χ0) is 14.4. The van der Waals surface area contributed by atoms with Crippen molar-refractivity contribution < 1.29 is 9.53 Å². The minimum absolute atomic E-state index is 0.0635. The second kappa shape index (κ2) is 6.79. The molecule has 0 radical (unpaired) electrons. The fourth-order valence-corrected chi connectivity index (χ4v) is 1.65. The van der Waals surface area contributed by atoms with Gasteiger partial charge in [0, 0.05) is 0 Å². The number of nitrogens with zero attached hydrogens (tertiary/aromatic N) is 1. The Labute approximate surface area is 114 Å². The first-order chi connectivity index (χ1) is 8.93. The molecule has 102 valence electrons. The molecule has 1 amide bonds. The number of ether oxygens (including phenoxy) is 1. The van der Waals surface area contributed by atoms with Gasteiger partial charge in [-0.05, 0) is 30.5 Å². The van der Waals surface area contributed by atoms with Crippen LogP contribution >= 0.6 is 0 Å². The normalized spacial score (nSPS) is 20.9. The van der Waals surface area contributed by atoms with Gasteiger partial charge in [0.2, 0.25) is 0 Å². The molecule has 1 aliphatic heterocycles. The first-order valence-electron chi connectivity index (χ1n) is 6.41. The minimum Gasteiger partial charge on any atom is -0.439 e. The number of alkyl carbamates (subject to hydrolysis) is 1. The third-order valence-corrected chi connectivity index (χ3v) is 2.38. The van der Waals surface area contributed by atoms with E-state index in [4.69, 9.17) is 10.00 Å². The number of nitriles is 1. The molecule has 1 fully saturated rings. The third kappa shape index (κ3) is 4.63. The number of nitrogens with one attached hydrogen (secondary N) is 1. The molecule has 2 atom stereocenters. The smallest absolute Gasteiger partial charge is 0.408 e. The first-order valence-corrected chi connectivity index (χ1v) is 6.41. The zero-order valence-corrected chi connectivity index (χ0v) is 11.8. The van der Waals surface area contributed by atoms with Gasteiger partial charge in [0.1, 0.15) is 6.10 Å². The Bertz CT molecular complexity index is 475. The second-order valence-electron chi connectivity index (χ2n) is 5.23. The largest absolute Gasteiger partial charge is 0.439 e. The summed E-state index contributed by atoms with van der Waals surface area (Å²) in [4.78, 5) is 11.0. The molecule has 2 rings (SSSR count). The maximum Gasteiger partial charge on any atom is 0.408 e. The Morgan fingerprint density at radius 3 is 2.47 bits per heavy atom. The van der Waals surface area contributed by atoms with Gasteiger partial charge in [0.25, 0.3) is 0 Å². The van der Waals surface area contributed by atoms with Crippen LogP contribution in [0.5, 0.6) is 0 Å². The van der Waals surface area contributed by atoms with Gasteiger partial charge in [-0.15, -0.1) is 0 Å². The van der Waals surface area contributed by atoms with Gasteiger partial charge in [0.15, 0.2) is 0 Å². The van der Waals surface area contributed by atoms with Gasteiger partial charge in [-0.3, -0.25) is 0 Å². The molecule has 0 saturated carbocycles. The van der Waals surface area contributed by atoms with Gasteiger partial charge < -0.3 is 10.1 Å². The van der Waals surface area contributed by atoms with Crippen molar-refractivity contribution in [1.29, 1.82) is 5.26 Å². The van der Waals surface area contributed by atoms with Gasteiger partial charge in [0.05, 0.1) is 17.7 Å². The van der Waals surface area contributed by atoms with Crippen molar-refractivity contribution >= 4 is 6.09 Å². The molecule has 4 nitrogen and oxygen atoms in total. The Kier molecular flexibility index (Phi) is 5.37. The molecule has 1 aromatic carbocycles. The summed E-state index contributed by atoms with van der Waals surface area (Å²) < 4.78 is 5.10. The number of carbonyl (C=O) groups is 1.